The summed E-state index contributed by atoms with van der Waals surface area (Å²) in [5.74, 6) is 0.734. The molecule has 4 heterocycles. The number of carbonyl (C=O) groups excluding carboxylic acids is 1. The van der Waals surface area contributed by atoms with Crippen LogP contribution in [0.4, 0.5) is 0 Å². The van der Waals surface area contributed by atoms with Crippen LogP contribution < -0.4 is 5.32 Å². The van der Waals surface area contributed by atoms with Gasteiger partial charge < -0.3 is 14.7 Å². The van der Waals surface area contributed by atoms with Crippen LogP contribution in [0.15, 0.2) is 10.6 Å². The molecule has 2 fully saturated rings. The van der Waals surface area contributed by atoms with Gasteiger partial charge in [0, 0.05) is 18.3 Å². The lowest BCUT2D eigenvalue weighted by Gasteiger charge is -2.44. The third-order valence-electron chi connectivity index (χ3n) is 6.23. The smallest absolute Gasteiger partial charge is 0.259 e. The second-order valence-electron chi connectivity index (χ2n) is 8.41. The fraction of sp³-hybridized carbons (Fsp3) is 0.667. The van der Waals surface area contributed by atoms with Gasteiger partial charge in [-0.2, -0.15) is 0 Å². The van der Waals surface area contributed by atoms with Crippen LogP contribution in [0, 0.1) is 12.8 Å². The molecule has 0 spiro atoms. The van der Waals surface area contributed by atoms with Crippen molar-refractivity contribution in [3.05, 3.63) is 23.0 Å². The fourth-order valence-corrected chi connectivity index (χ4v) is 4.72. The Labute approximate surface area is 160 Å². The number of carbonyl (C=O) groups is 1. The van der Waals surface area contributed by atoms with Crippen molar-refractivity contribution in [1.82, 2.24) is 20.4 Å². The van der Waals surface area contributed by atoms with E-state index in [1.54, 1.807) is 0 Å². The van der Waals surface area contributed by atoms with Gasteiger partial charge in [0.2, 0.25) is 0 Å². The summed E-state index contributed by atoms with van der Waals surface area (Å²) >= 11 is 0. The van der Waals surface area contributed by atoms with Crippen molar-refractivity contribution in [3.8, 4) is 0 Å². The number of piperidine rings is 2. The molecule has 2 aromatic heterocycles. The number of hydrogen-bond acceptors (Lipinski definition) is 5. The average molecular weight is 370 g/mol. The first-order valence-electron chi connectivity index (χ1n) is 10.3. The molecule has 0 aromatic carbocycles. The Morgan fingerprint density at radius 3 is 2.93 bits per heavy atom. The highest BCUT2D eigenvalue weighted by Crippen LogP contribution is 2.31. The lowest BCUT2D eigenvalue weighted by atomic mass is 9.83. The van der Waals surface area contributed by atoms with E-state index in [9.17, 15) is 4.79 Å². The standard InChI is InChI=1S/C21H30N4O2/c1-13(2)17-11-16(19-14(3)24-27-21(19)23-17)20(26)22-12-15-7-6-10-25-9-5-4-8-18(15)25/h11,13,15,18H,4-10,12H2,1-3H3,(H,22,26). The van der Waals surface area contributed by atoms with E-state index in [0.29, 0.717) is 28.9 Å². The summed E-state index contributed by atoms with van der Waals surface area (Å²) in [4.78, 5) is 20.2. The number of amides is 1. The van der Waals surface area contributed by atoms with Crippen molar-refractivity contribution >= 4 is 17.0 Å². The highest BCUT2D eigenvalue weighted by molar-refractivity contribution is 6.06. The maximum absolute atomic E-state index is 13.1. The van der Waals surface area contributed by atoms with E-state index in [4.69, 9.17) is 4.52 Å². The van der Waals surface area contributed by atoms with E-state index in [0.717, 1.165) is 17.6 Å². The number of nitrogens with zero attached hydrogens (tertiary/aromatic N) is 3. The molecule has 27 heavy (non-hydrogen) atoms. The summed E-state index contributed by atoms with van der Waals surface area (Å²) in [5.41, 5.74) is 2.67. The lowest BCUT2D eigenvalue weighted by molar-refractivity contribution is 0.0576. The number of nitrogens with one attached hydrogen (secondary N) is 1. The van der Waals surface area contributed by atoms with Gasteiger partial charge in [0.1, 0.15) is 0 Å². The third-order valence-corrected chi connectivity index (χ3v) is 6.23. The van der Waals surface area contributed by atoms with Gasteiger partial charge in [0.15, 0.2) is 0 Å². The van der Waals surface area contributed by atoms with Crippen molar-refractivity contribution < 1.29 is 9.32 Å². The molecule has 2 aliphatic rings. The second-order valence-corrected chi connectivity index (χ2v) is 8.41. The van der Waals surface area contributed by atoms with Crippen LogP contribution in [0.3, 0.4) is 0 Å². The number of aromatic nitrogens is 2. The molecular weight excluding hydrogens is 340 g/mol. The second kappa shape index (κ2) is 7.58. The van der Waals surface area contributed by atoms with E-state index >= 15 is 0 Å². The molecular formula is C21H30N4O2. The summed E-state index contributed by atoms with van der Waals surface area (Å²) in [6.07, 6.45) is 6.33. The van der Waals surface area contributed by atoms with Gasteiger partial charge in [0.25, 0.3) is 11.6 Å². The molecule has 2 aliphatic heterocycles. The predicted octanol–water partition coefficient (Wildman–Crippen LogP) is 3.65. The van der Waals surface area contributed by atoms with Crippen LogP contribution >= 0.6 is 0 Å². The van der Waals surface area contributed by atoms with Gasteiger partial charge >= 0.3 is 0 Å². The maximum Gasteiger partial charge on any atom is 0.259 e. The van der Waals surface area contributed by atoms with Gasteiger partial charge in [-0.15, -0.1) is 0 Å². The van der Waals surface area contributed by atoms with E-state index in [1.165, 1.54) is 45.2 Å². The minimum Gasteiger partial charge on any atom is -0.352 e. The molecule has 0 bridgehead atoms. The van der Waals surface area contributed by atoms with Crippen molar-refractivity contribution in [1.29, 1.82) is 0 Å². The Morgan fingerprint density at radius 2 is 2.11 bits per heavy atom. The molecule has 146 valence electrons. The lowest BCUT2D eigenvalue weighted by Crippen LogP contribution is -2.51. The Balaban J connectivity index is 1.53. The maximum atomic E-state index is 13.1. The molecule has 1 amide bonds. The molecule has 0 radical (unpaired) electrons. The monoisotopic (exact) mass is 370 g/mol. The van der Waals surface area contributed by atoms with Gasteiger partial charge in [-0.1, -0.05) is 25.4 Å². The van der Waals surface area contributed by atoms with E-state index in [-0.39, 0.29) is 11.8 Å². The van der Waals surface area contributed by atoms with Gasteiger partial charge in [-0.25, -0.2) is 4.98 Å². The van der Waals surface area contributed by atoms with Gasteiger partial charge in [-0.3, -0.25) is 4.79 Å². The molecule has 2 atom stereocenters. The zero-order valence-corrected chi connectivity index (χ0v) is 16.6. The van der Waals surface area contributed by atoms with Crippen LogP contribution in [0.5, 0.6) is 0 Å². The Bertz CT molecular complexity index is 827. The zero-order valence-electron chi connectivity index (χ0n) is 16.6. The molecule has 0 aliphatic carbocycles. The van der Waals surface area contributed by atoms with Crippen LogP contribution in [0.1, 0.15) is 73.6 Å². The molecule has 6 heteroatoms. The predicted molar refractivity (Wildman–Crippen MR) is 105 cm³/mol. The summed E-state index contributed by atoms with van der Waals surface area (Å²) in [5, 5.41) is 7.97. The van der Waals surface area contributed by atoms with Crippen molar-refractivity contribution in [3.63, 3.8) is 0 Å². The Hall–Kier alpha value is -1.95. The van der Waals surface area contributed by atoms with E-state index < -0.39 is 0 Å². The number of rotatable bonds is 4. The summed E-state index contributed by atoms with van der Waals surface area (Å²) in [7, 11) is 0. The van der Waals surface area contributed by atoms with Gasteiger partial charge in [0.05, 0.1) is 16.6 Å². The first-order valence-corrected chi connectivity index (χ1v) is 10.3. The highest BCUT2D eigenvalue weighted by atomic mass is 16.5. The van der Waals surface area contributed by atoms with Gasteiger partial charge in [-0.05, 0) is 63.6 Å². The van der Waals surface area contributed by atoms with Crippen LogP contribution in [0.25, 0.3) is 11.1 Å². The first kappa shape index (κ1) is 18.4. The fourth-order valence-electron chi connectivity index (χ4n) is 4.72. The minimum absolute atomic E-state index is 0.0384. The van der Waals surface area contributed by atoms with Crippen molar-refractivity contribution in [2.24, 2.45) is 5.92 Å². The normalized spacial score (nSPS) is 23.6. The molecule has 0 saturated carbocycles. The summed E-state index contributed by atoms with van der Waals surface area (Å²) in [6.45, 7) is 9.18. The molecule has 2 aromatic rings. The molecule has 6 nitrogen and oxygen atoms in total. The van der Waals surface area contributed by atoms with E-state index in [2.05, 4.69) is 34.2 Å². The quantitative estimate of drug-likeness (QED) is 0.889. The first-order chi connectivity index (χ1) is 13.0. The summed E-state index contributed by atoms with van der Waals surface area (Å²) in [6, 6.07) is 2.54. The third kappa shape index (κ3) is 3.59. The van der Waals surface area contributed by atoms with Crippen molar-refractivity contribution in [2.45, 2.75) is 64.8 Å². The number of pyridine rings is 1. The Morgan fingerprint density at radius 1 is 1.30 bits per heavy atom. The van der Waals surface area contributed by atoms with Crippen LogP contribution in [-0.4, -0.2) is 46.6 Å². The molecule has 4 rings (SSSR count). The van der Waals surface area contributed by atoms with Crippen molar-refractivity contribution in [2.75, 3.05) is 19.6 Å². The zero-order chi connectivity index (χ0) is 19.0. The minimum atomic E-state index is -0.0384. The van der Waals surface area contributed by atoms with E-state index in [1.807, 2.05) is 13.0 Å². The Kier molecular flexibility index (Phi) is 5.17. The van der Waals surface area contributed by atoms with Crippen LogP contribution in [-0.2, 0) is 0 Å². The largest absolute Gasteiger partial charge is 0.352 e. The SMILES string of the molecule is Cc1noc2nc(C(C)C)cc(C(=O)NCC3CCCN4CCCCC34)c12. The molecule has 2 saturated heterocycles. The number of aryl methyl sites for hydroxylation is 1. The summed E-state index contributed by atoms with van der Waals surface area (Å²) < 4.78 is 5.35. The number of hydrogen-bond donors (Lipinski definition) is 1. The topological polar surface area (TPSA) is 71.3 Å². The molecule has 1 N–H and O–H groups in total. The molecule has 2 unspecified atom stereocenters. The highest BCUT2D eigenvalue weighted by Gasteiger charge is 2.33. The average Bonchev–Trinajstić information content (AvgIpc) is 3.06. The number of fused-ring (bicyclic) bond motifs is 2. The van der Waals surface area contributed by atoms with Crippen LogP contribution in [0.2, 0.25) is 0 Å².